The van der Waals surface area contributed by atoms with Gasteiger partial charge in [-0.1, -0.05) is 6.08 Å². The Labute approximate surface area is 180 Å². The molecule has 1 N–H and O–H groups in total. The molecule has 1 fully saturated rings. The second-order valence-electron chi connectivity index (χ2n) is 8.55. The molecule has 5 rings (SSSR count). The number of hydrogen-bond donors (Lipinski definition) is 1. The molecule has 31 heavy (non-hydrogen) atoms. The van der Waals surface area contributed by atoms with Gasteiger partial charge in [0.05, 0.1) is 13.2 Å². The number of hydrogen-bond acceptors (Lipinski definition) is 7. The monoisotopic (exact) mass is 422 g/mol. The van der Waals surface area contributed by atoms with E-state index in [4.69, 9.17) is 4.74 Å². The molecule has 0 radical (unpaired) electrons. The van der Waals surface area contributed by atoms with Crippen LogP contribution in [0.4, 0.5) is 0 Å². The van der Waals surface area contributed by atoms with Crippen molar-refractivity contribution in [1.29, 1.82) is 0 Å². The van der Waals surface area contributed by atoms with Crippen molar-refractivity contribution in [2.45, 2.75) is 44.4 Å². The maximum atomic E-state index is 13.3. The second kappa shape index (κ2) is 8.01. The van der Waals surface area contributed by atoms with Gasteiger partial charge in [-0.3, -0.25) is 14.5 Å². The third-order valence-corrected chi connectivity index (χ3v) is 7.00. The lowest BCUT2D eigenvalue weighted by Gasteiger charge is -2.29. The van der Waals surface area contributed by atoms with Gasteiger partial charge in [0, 0.05) is 60.7 Å². The lowest BCUT2D eigenvalue weighted by Crippen LogP contribution is -2.43. The Kier molecular flexibility index (Phi) is 5.19. The average Bonchev–Trinajstić information content (AvgIpc) is 3.51. The second-order valence-corrected chi connectivity index (χ2v) is 8.55. The molecular formula is C23H26N4O4. The minimum Gasteiger partial charge on any atom is -0.468 e. The lowest BCUT2D eigenvalue weighted by molar-refractivity contribution is -0.148. The van der Waals surface area contributed by atoms with Gasteiger partial charge in [-0.25, -0.2) is 9.97 Å². The largest absolute Gasteiger partial charge is 0.468 e. The predicted molar refractivity (Wildman–Crippen MR) is 113 cm³/mol. The van der Waals surface area contributed by atoms with Crippen LogP contribution in [0.1, 0.15) is 42.1 Å². The summed E-state index contributed by atoms with van der Waals surface area (Å²) in [6.07, 6.45) is 10.1. The molecule has 0 amide bonds. The molecule has 0 aromatic carbocycles. The molecule has 162 valence electrons. The van der Waals surface area contributed by atoms with Crippen LogP contribution in [-0.2, 0) is 22.6 Å². The summed E-state index contributed by atoms with van der Waals surface area (Å²) in [6.45, 7) is 0.767. The Bertz CT molecular complexity index is 1080. The Morgan fingerprint density at radius 1 is 1.29 bits per heavy atom. The molecule has 0 unspecified atom stereocenters. The van der Waals surface area contributed by atoms with Crippen molar-refractivity contribution in [3.8, 4) is 0 Å². The molecule has 2 aromatic heterocycles. The van der Waals surface area contributed by atoms with Crippen LogP contribution in [0.25, 0.3) is 5.57 Å². The highest BCUT2D eigenvalue weighted by Crippen LogP contribution is 2.50. The summed E-state index contributed by atoms with van der Waals surface area (Å²) in [5.41, 5.74) is 3.67. The first-order valence-corrected chi connectivity index (χ1v) is 10.8. The third kappa shape index (κ3) is 3.21. The fourth-order valence-electron chi connectivity index (χ4n) is 5.65. The highest BCUT2D eigenvalue weighted by molar-refractivity contribution is 5.77. The molecule has 4 atom stereocenters. The Morgan fingerprint density at radius 3 is 2.77 bits per heavy atom. The highest BCUT2D eigenvalue weighted by atomic mass is 16.5. The van der Waals surface area contributed by atoms with Gasteiger partial charge in [-0.15, -0.1) is 0 Å². The van der Waals surface area contributed by atoms with Crippen molar-refractivity contribution in [3.05, 3.63) is 64.1 Å². The van der Waals surface area contributed by atoms with Crippen molar-refractivity contribution in [2.75, 3.05) is 13.7 Å². The summed E-state index contributed by atoms with van der Waals surface area (Å²) in [7, 11) is 1.37. The average molecular weight is 422 g/mol. The first-order valence-electron chi connectivity index (χ1n) is 10.8. The van der Waals surface area contributed by atoms with Gasteiger partial charge in [-0.05, 0) is 37.0 Å². The van der Waals surface area contributed by atoms with Crippen LogP contribution in [0.15, 0.2) is 41.7 Å². The zero-order valence-corrected chi connectivity index (χ0v) is 17.5. The number of pyridine rings is 1. The van der Waals surface area contributed by atoms with Gasteiger partial charge >= 0.3 is 5.97 Å². The van der Waals surface area contributed by atoms with Gasteiger partial charge < -0.3 is 14.4 Å². The molecule has 8 heteroatoms. The van der Waals surface area contributed by atoms with Crippen LogP contribution < -0.4 is 5.56 Å². The first kappa shape index (κ1) is 20.1. The molecule has 1 aliphatic carbocycles. The number of nitrogens with zero attached hydrogens (tertiary/aromatic N) is 4. The Balaban J connectivity index is 1.58. The lowest BCUT2D eigenvalue weighted by atomic mass is 9.88. The van der Waals surface area contributed by atoms with E-state index in [-0.39, 0.29) is 36.0 Å². The number of carbonyl (C=O) groups excluding carboxylic acids is 1. The van der Waals surface area contributed by atoms with Crippen molar-refractivity contribution in [1.82, 2.24) is 19.4 Å². The third-order valence-electron chi connectivity index (χ3n) is 7.00. The van der Waals surface area contributed by atoms with Gasteiger partial charge in [-0.2, -0.15) is 0 Å². The van der Waals surface area contributed by atoms with Crippen LogP contribution in [0, 0.1) is 11.8 Å². The van der Waals surface area contributed by atoms with Gasteiger partial charge in [0.2, 0.25) is 0 Å². The minimum atomic E-state index is -0.591. The van der Waals surface area contributed by atoms with Crippen LogP contribution in [0.5, 0.6) is 0 Å². The van der Waals surface area contributed by atoms with E-state index in [2.05, 4.69) is 16.0 Å². The Morgan fingerprint density at radius 2 is 2.10 bits per heavy atom. The molecule has 3 aliphatic rings. The van der Waals surface area contributed by atoms with E-state index in [1.807, 2.05) is 21.6 Å². The predicted octanol–water partition coefficient (Wildman–Crippen LogP) is 1.54. The number of ether oxygens (including phenoxy) is 1. The number of aliphatic hydroxyl groups excluding tert-OH is 1. The van der Waals surface area contributed by atoms with Crippen molar-refractivity contribution >= 4 is 11.5 Å². The summed E-state index contributed by atoms with van der Waals surface area (Å²) in [5, 5.41) is 10.2. The van der Waals surface area contributed by atoms with Crippen molar-refractivity contribution in [3.63, 3.8) is 0 Å². The van der Waals surface area contributed by atoms with Crippen LogP contribution >= 0.6 is 0 Å². The number of fused-ring (bicyclic) bond motifs is 3. The van der Waals surface area contributed by atoms with E-state index in [0.29, 0.717) is 13.1 Å². The van der Waals surface area contributed by atoms with Gasteiger partial charge in [0.25, 0.3) is 5.56 Å². The van der Waals surface area contributed by atoms with E-state index in [0.717, 1.165) is 41.7 Å². The molecule has 0 spiro atoms. The molecule has 0 saturated carbocycles. The van der Waals surface area contributed by atoms with E-state index >= 15 is 0 Å². The maximum Gasteiger partial charge on any atom is 0.323 e. The first-order chi connectivity index (χ1) is 15.1. The summed E-state index contributed by atoms with van der Waals surface area (Å²) in [4.78, 5) is 36.3. The summed E-state index contributed by atoms with van der Waals surface area (Å²) in [5.74, 6) is -0.748. The van der Waals surface area contributed by atoms with Crippen molar-refractivity contribution < 1.29 is 14.6 Å². The molecule has 2 aromatic rings. The zero-order chi connectivity index (χ0) is 21.5. The minimum absolute atomic E-state index is 0.0225. The number of allylic oxidation sites excluding steroid dienone is 2. The fraction of sp³-hybridized carbons (Fsp3) is 0.478. The van der Waals surface area contributed by atoms with Gasteiger partial charge in [0.15, 0.2) is 0 Å². The number of aliphatic hydroxyl groups is 1. The number of rotatable bonds is 5. The Hall–Kier alpha value is -2.84. The van der Waals surface area contributed by atoms with Crippen LogP contribution in [0.2, 0.25) is 0 Å². The van der Waals surface area contributed by atoms with E-state index in [1.165, 1.54) is 13.4 Å². The molecule has 1 saturated heterocycles. The standard InChI is InChI=1S/C23H26N4O4/c1-31-23(30)21-18(12-28)17-11-26-19(7-6-16(22(26)29)15-4-2-3-5-15)20(17)27(21)10-14-8-24-13-25-9-14/h4,6-9,13,17-18,20-21,28H,2-3,5,10-12H2,1H3/t17-,18-,20+,21-/m0/s1. The quantitative estimate of drug-likeness (QED) is 0.730. The normalized spacial score (nSPS) is 27.1. The highest BCUT2D eigenvalue weighted by Gasteiger charge is 2.56. The smallest absolute Gasteiger partial charge is 0.323 e. The molecule has 8 nitrogen and oxygen atoms in total. The number of aromatic nitrogens is 3. The van der Waals surface area contributed by atoms with E-state index in [1.54, 1.807) is 12.4 Å². The fourth-order valence-corrected chi connectivity index (χ4v) is 5.65. The number of carbonyl (C=O) groups is 1. The van der Waals surface area contributed by atoms with Gasteiger partial charge in [0.1, 0.15) is 12.4 Å². The molecule has 2 aliphatic heterocycles. The van der Waals surface area contributed by atoms with E-state index < -0.39 is 6.04 Å². The summed E-state index contributed by atoms with van der Waals surface area (Å²) >= 11 is 0. The molecule has 0 bridgehead atoms. The molecule has 4 heterocycles. The van der Waals surface area contributed by atoms with Crippen LogP contribution in [0.3, 0.4) is 0 Å². The summed E-state index contributed by atoms with van der Waals surface area (Å²) < 4.78 is 6.94. The molecular weight excluding hydrogens is 396 g/mol. The van der Waals surface area contributed by atoms with Crippen LogP contribution in [-0.4, -0.2) is 50.3 Å². The number of likely N-dealkylation sites (tertiary alicyclic amines) is 1. The topological polar surface area (TPSA) is 97.5 Å². The zero-order valence-electron chi connectivity index (χ0n) is 17.5. The number of methoxy groups -OCH3 is 1. The maximum absolute atomic E-state index is 13.3. The SMILES string of the molecule is COC(=O)[C@@H]1[C@@H](CO)[C@@H]2Cn3c(ccc(C4=CCCC4)c3=O)[C@@H]2N1Cc1cncnc1. The summed E-state index contributed by atoms with van der Waals surface area (Å²) in [6, 6.07) is 3.19. The van der Waals surface area contributed by atoms with Crippen molar-refractivity contribution in [2.24, 2.45) is 11.8 Å². The number of esters is 1. The van der Waals surface area contributed by atoms with E-state index in [9.17, 15) is 14.7 Å².